The van der Waals surface area contributed by atoms with Crippen molar-refractivity contribution in [2.24, 2.45) is 4.36 Å². The van der Waals surface area contributed by atoms with Crippen LogP contribution in [0.1, 0.15) is 12.5 Å². The largest absolute Gasteiger partial charge is 0.483 e. The molecule has 2 N–H and O–H groups in total. The van der Waals surface area contributed by atoms with E-state index in [1.165, 1.54) is 18.5 Å². The van der Waals surface area contributed by atoms with Crippen LogP contribution in [0, 0.1) is 12.7 Å². The van der Waals surface area contributed by atoms with E-state index in [0.717, 1.165) is 10.9 Å². The van der Waals surface area contributed by atoms with Crippen LogP contribution in [0.15, 0.2) is 41.0 Å². The lowest BCUT2D eigenvalue weighted by molar-refractivity contribution is -0.0555. The summed E-state index contributed by atoms with van der Waals surface area (Å²) in [4.78, 5) is 8.75. The first kappa shape index (κ1) is 23.9. The third-order valence-electron chi connectivity index (χ3n) is 6.01. The number of nitrogens with zero attached hydrogens (tertiary/aromatic N) is 3. The number of nitrogens with one attached hydrogen (secondary N) is 1. The monoisotopic (exact) mass is 502 g/mol. The predicted octanol–water partition coefficient (Wildman–Crippen LogP) is 3.48. The van der Waals surface area contributed by atoms with Crippen molar-refractivity contribution in [3.63, 3.8) is 0 Å². The highest BCUT2D eigenvalue weighted by Crippen LogP contribution is 2.38. The van der Waals surface area contributed by atoms with E-state index in [4.69, 9.17) is 14.2 Å². The molecule has 3 aromatic rings. The maximum absolute atomic E-state index is 14.2. The minimum Gasteiger partial charge on any atom is -0.483 e. The van der Waals surface area contributed by atoms with E-state index in [1.807, 2.05) is 13.0 Å². The molecule has 3 heterocycles. The highest BCUT2D eigenvalue weighted by molar-refractivity contribution is 7.92. The summed E-state index contributed by atoms with van der Waals surface area (Å²) in [5.74, 6) is 0.310. The van der Waals surface area contributed by atoms with Gasteiger partial charge >= 0.3 is 0 Å². The molecule has 186 valence electrons. The van der Waals surface area contributed by atoms with Crippen LogP contribution >= 0.6 is 0 Å². The Morgan fingerprint density at radius 3 is 2.83 bits per heavy atom. The van der Waals surface area contributed by atoms with Crippen LogP contribution in [0.4, 0.5) is 21.6 Å². The van der Waals surface area contributed by atoms with Crippen molar-refractivity contribution in [2.45, 2.75) is 37.8 Å². The van der Waals surface area contributed by atoms with Gasteiger partial charge in [0.05, 0.1) is 30.1 Å². The first-order valence-electron chi connectivity index (χ1n) is 11.1. The lowest BCUT2D eigenvalue weighted by Gasteiger charge is -2.21. The van der Waals surface area contributed by atoms with Crippen LogP contribution in [0.5, 0.6) is 5.75 Å². The van der Waals surface area contributed by atoms with Crippen LogP contribution < -0.4 is 10.1 Å². The quantitative estimate of drug-likeness (QED) is 0.545. The molecular weight excluding hydrogens is 475 g/mol. The maximum Gasteiger partial charge on any atom is 0.151 e. The van der Waals surface area contributed by atoms with E-state index in [2.05, 4.69) is 19.6 Å². The van der Waals surface area contributed by atoms with Crippen molar-refractivity contribution < 1.29 is 27.9 Å². The van der Waals surface area contributed by atoms with Gasteiger partial charge in [-0.2, -0.15) is 4.36 Å². The van der Waals surface area contributed by atoms with Crippen molar-refractivity contribution in [2.75, 3.05) is 31.0 Å². The molecule has 2 aromatic carbocycles. The summed E-state index contributed by atoms with van der Waals surface area (Å²) < 4.78 is 48.2. The number of ether oxygens (including phenoxy) is 3. The molecule has 0 unspecified atom stereocenters. The summed E-state index contributed by atoms with van der Waals surface area (Å²) in [6, 6.07) is 7.76. The number of halogens is 1. The normalized spacial score (nSPS) is 26.1. The van der Waals surface area contributed by atoms with Crippen LogP contribution in [0.2, 0.25) is 0 Å². The second-order valence-corrected chi connectivity index (χ2v) is 12.0. The molecule has 0 saturated carbocycles. The van der Waals surface area contributed by atoms with E-state index in [0.29, 0.717) is 22.7 Å². The summed E-state index contributed by atoms with van der Waals surface area (Å²) in [6.07, 6.45) is 3.08. The van der Waals surface area contributed by atoms with Gasteiger partial charge in [0, 0.05) is 33.7 Å². The zero-order valence-electron chi connectivity index (χ0n) is 19.8. The van der Waals surface area contributed by atoms with E-state index >= 15 is 0 Å². The summed E-state index contributed by atoms with van der Waals surface area (Å²) in [5, 5.41) is 14.4. The lowest BCUT2D eigenvalue weighted by Crippen LogP contribution is -2.41. The Morgan fingerprint density at radius 2 is 2.06 bits per heavy atom. The highest BCUT2D eigenvalue weighted by atomic mass is 32.2. The second kappa shape index (κ2) is 8.66. The molecule has 2 aliphatic heterocycles. The third-order valence-corrected chi connectivity index (χ3v) is 6.66. The molecule has 0 aliphatic carbocycles. The number of hydrogen-bond acceptors (Lipinski definition) is 9. The number of benzene rings is 2. The smallest absolute Gasteiger partial charge is 0.151 e. The Labute approximate surface area is 202 Å². The van der Waals surface area contributed by atoms with Gasteiger partial charge in [0.1, 0.15) is 41.5 Å². The maximum atomic E-state index is 14.2. The Kier molecular flexibility index (Phi) is 5.91. The van der Waals surface area contributed by atoms with E-state index in [9.17, 15) is 13.7 Å². The molecule has 2 saturated heterocycles. The molecule has 35 heavy (non-hydrogen) atoms. The zero-order chi connectivity index (χ0) is 25.0. The van der Waals surface area contributed by atoms with Crippen molar-refractivity contribution in [3.05, 3.63) is 48.0 Å². The fraction of sp³-hybridized carbons (Fsp3) is 0.417. The molecule has 4 atom stereocenters. The first-order chi connectivity index (χ1) is 16.5. The van der Waals surface area contributed by atoms with Gasteiger partial charge in [-0.1, -0.05) is 0 Å². The summed E-state index contributed by atoms with van der Waals surface area (Å²) in [5.41, 5.74) is 1.44. The second-order valence-electron chi connectivity index (χ2n) is 9.46. The highest BCUT2D eigenvalue weighted by Gasteiger charge is 2.54. The van der Waals surface area contributed by atoms with Crippen LogP contribution in [-0.2, 0) is 19.2 Å². The fourth-order valence-corrected chi connectivity index (χ4v) is 5.13. The Hall–Kier alpha value is -2.86. The van der Waals surface area contributed by atoms with Gasteiger partial charge in [-0.15, -0.1) is 0 Å². The summed E-state index contributed by atoms with van der Waals surface area (Å²) >= 11 is 0. The van der Waals surface area contributed by atoms with Gasteiger partial charge in [-0.05, 0) is 43.7 Å². The van der Waals surface area contributed by atoms with Crippen molar-refractivity contribution in [3.8, 4) is 5.75 Å². The molecule has 0 spiro atoms. The molecule has 1 aromatic heterocycles. The number of anilines is 2. The minimum atomic E-state index is -2.33. The Morgan fingerprint density at radius 1 is 1.26 bits per heavy atom. The molecule has 11 heteroatoms. The van der Waals surface area contributed by atoms with E-state index in [-0.39, 0.29) is 19.0 Å². The number of hydrogen-bond donors (Lipinski definition) is 2. The number of fused-ring (bicyclic) bond motifs is 2. The molecule has 2 fully saturated rings. The van der Waals surface area contributed by atoms with Gasteiger partial charge in [0.15, 0.2) is 6.10 Å². The summed E-state index contributed by atoms with van der Waals surface area (Å²) in [7, 11) is -2.33. The van der Waals surface area contributed by atoms with Crippen LogP contribution in [-0.4, -0.2) is 68.9 Å². The number of rotatable bonds is 5. The van der Waals surface area contributed by atoms with Crippen molar-refractivity contribution >= 4 is 37.8 Å². The molecular formula is C24H27FN4O5S. The lowest BCUT2D eigenvalue weighted by atomic mass is 9.98. The third kappa shape index (κ3) is 4.81. The molecule has 0 radical (unpaired) electrons. The SMILES string of the molecule is Cc1cc(N=S(C)(C)=O)cc2ncnc(Nc3ccc(F)cc3O[C@@H]3CO[C@H]4[C@@H]3OC[C@@]4(C)O)c12. The Bertz CT molecular complexity index is 1410. The predicted molar refractivity (Wildman–Crippen MR) is 131 cm³/mol. The molecule has 0 bridgehead atoms. The number of aryl methyl sites for hydroxylation is 1. The van der Waals surface area contributed by atoms with Gasteiger partial charge in [0.2, 0.25) is 0 Å². The standard InChI is InChI=1S/C24H27FN4O5S/c1-13-7-15(29-35(3,4)31)9-17-20(13)23(27-12-26-17)28-16-6-5-14(25)8-18(16)34-19-10-32-22-21(19)33-11-24(22,2)30/h5-9,12,19,21-22,30H,10-11H2,1-4H3,(H,26,27,28)/t19-,21-,22+,24-/m1/s1. The van der Waals surface area contributed by atoms with Crippen molar-refractivity contribution in [1.82, 2.24) is 9.97 Å². The minimum absolute atomic E-state index is 0.141. The van der Waals surface area contributed by atoms with Gasteiger partial charge in [0.25, 0.3) is 0 Å². The molecule has 9 nitrogen and oxygen atoms in total. The summed E-state index contributed by atoms with van der Waals surface area (Å²) in [6.45, 7) is 3.91. The van der Waals surface area contributed by atoms with Crippen LogP contribution in [0.3, 0.4) is 0 Å². The average Bonchev–Trinajstić information content (AvgIpc) is 3.29. The molecule has 5 rings (SSSR count). The first-order valence-corrected chi connectivity index (χ1v) is 13.4. The van der Waals surface area contributed by atoms with Gasteiger partial charge in [-0.25, -0.2) is 18.6 Å². The van der Waals surface area contributed by atoms with Crippen molar-refractivity contribution in [1.29, 1.82) is 0 Å². The molecule has 0 amide bonds. The van der Waals surface area contributed by atoms with Gasteiger partial charge < -0.3 is 24.6 Å². The van der Waals surface area contributed by atoms with Crippen LogP contribution in [0.25, 0.3) is 10.9 Å². The molecule has 2 aliphatic rings. The fourth-order valence-electron chi connectivity index (χ4n) is 4.52. The number of aliphatic hydroxyl groups is 1. The van der Waals surface area contributed by atoms with Gasteiger partial charge in [-0.3, -0.25) is 0 Å². The van der Waals surface area contributed by atoms with E-state index in [1.54, 1.807) is 31.6 Å². The zero-order valence-corrected chi connectivity index (χ0v) is 20.6. The Balaban J connectivity index is 1.47. The number of aromatic nitrogens is 2. The topological polar surface area (TPSA) is 115 Å². The van der Waals surface area contributed by atoms with E-state index < -0.39 is 39.5 Å². The average molecular weight is 503 g/mol.